The van der Waals surface area contributed by atoms with Gasteiger partial charge >= 0.3 is 11.9 Å². The number of rotatable bonds is 13. The summed E-state index contributed by atoms with van der Waals surface area (Å²) in [5, 5.41) is 39.0. The zero-order valence-corrected chi connectivity index (χ0v) is 20.9. The average molecular weight is 558 g/mol. The summed E-state index contributed by atoms with van der Waals surface area (Å²) >= 11 is 0. The summed E-state index contributed by atoms with van der Waals surface area (Å²) in [5.41, 5.74) is 17.3. The minimum atomic E-state index is -1.47. The maximum atomic E-state index is 11.0. The van der Waals surface area contributed by atoms with Gasteiger partial charge in [0.15, 0.2) is 11.9 Å². The van der Waals surface area contributed by atoms with Gasteiger partial charge in [0.1, 0.15) is 18.6 Å². The number of carbonyl (C=O) groups excluding carboxylic acids is 1. The van der Waals surface area contributed by atoms with Gasteiger partial charge < -0.3 is 42.4 Å². The first-order valence-corrected chi connectivity index (χ1v) is 9.20. The van der Waals surface area contributed by atoms with Crippen molar-refractivity contribution in [1.82, 2.24) is 0 Å². The molecule has 9 N–H and O–H groups in total. The summed E-state index contributed by atoms with van der Waals surface area (Å²) in [6.07, 6.45) is 4.63. The number of carboxylic acid groups (broad SMARTS) is 3. The maximum absolute atomic E-state index is 11.0. The van der Waals surface area contributed by atoms with E-state index in [0.717, 1.165) is 0 Å². The lowest BCUT2D eigenvalue weighted by molar-refractivity contribution is -0.698. The summed E-state index contributed by atoms with van der Waals surface area (Å²) in [4.78, 5) is 32.6. The third-order valence-corrected chi connectivity index (χ3v) is 4.57. The van der Waals surface area contributed by atoms with Crippen LogP contribution in [0.15, 0.2) is 12.4 Å². The highest BCUT2D eigenvalue weighted by molar-refractivity contribution is 5.86. The van der Waals surface area contributed by atoms with Crippen LogP contribution < -0.4 is 26.9 Å². The SMILES string of the molecule is Cl.Cl.Cl.Cl.N[C@@H](Cc1c(O)c[n+](CCCC[C@H](N)C(=O)O)cc1CC[C@H](N)C(=O)O)C(=O)[O-]. The van der Waals surface area contributed by atoms with E-state index in [1.54, 1.807) is 10.8 Å². The monoisotopic (exact) mass is 556 g/mol. The summed E-state index contributed by atoms with van der Waals surface area (Å²) in [7, 11) is 0. The Morgan fingerprint density at radius 1 is 0.879 bits per heavy atom. The second kappa shape index (κ2) is 18.8. The van der Waals surface area contributed by atoms with E-state index in [4.69, 9.17) is 27.4 Å². The Hall–Kier alpha value is -1.60. The molecule has 33 heavy (non-hydrogen) atoms. The molecule has 0 spiro atoms. The smallest absolute Gasteiger partial charge is 0.320 e. The van der Waals surface area contributed by atoms with Crippen LogP contribution in [0.1, 0.15) is 36.8 Å². The third-order valence-electron chi connectivity index (χ3n) is 4.57. The van der Waals surface area contributed by atoms with Crippen molar-refractivity contribution in [2.75, 3.05) is 0 Å². The number of aryl methyl sites for hydroxylation is 2. The number of hydrogen-bond acceptors (Lipinski definition) is 8. The van der Waals surface area contributed by atoms with Crippen LogP contribution in [-0.2, 0) is 33.8 Å². The minimum Gasteiger partial charge on any atom is -0.548 e. The standard InChI is InChI=1S/C18H28N4O7.4ClH/c19-12(16(24)25)3-1-2-6-22-8-10(4-5-13(20)17(26)27)11(15(23)9-22)7-14(21)18(28)29;;;;/h8-9,12-14H,1-7,19-21H2,(H3-,23,24,25,26,27,28,29);4*1H/t12-,13-,14-;;;;/m0..../s1. The second-order valence-electron chi connectivity index (χ2n) is 6.94. The molecule has 1 aromatic rings. The maximum Gasteiger partial charge on any atom is 0.320 e. The molecular weight excluding hydrogens is 526 g/mol. The van der Waals surface area contributed by atoms with Gasteiger partial charge in [0.2, 0.25) is 6.20 Å². The predicted octanol–water partition coefficient (Wildman–Crippen LogP) is -1.09. The van der Waals surface area contributed by atoms with Gasteiger partial charge in [0.25, 0.3) is 0 Å². The molecular formula is C18H32Cl4N4O7. The Kier molecular flexibility index (Phi) is 22.0. The molecule has 0 saturated carbocycles. The molecule has 1 rings (SSSR count). The van der Waals surface area contributed by atoms with Crippen molar-refractivity contribution in [2.45, 2.75) is 63.2 Å². The molecule has 11 nitrogen and oxygen atoms in total. The number of aromatic hydroxyl groups is 1. The third kappa shape index (κ3) is 13.6. The molecule has 0 saturated heterocycles. The van der Waals surface area contributed by atoms with Crippen molar-refractivity contribution in [3.8, 4) is 5.75 Å². The van der Waals surface area contributed by atoms with Crippen LogP contribution >= 0.6 is 49.6 Å². The lowest BCUT2D eigenvalue weighted by Crippen LogP contribution is -2.43. The lowest BCUT2D eigenvalue weighted by Gasteiger charge is -2.16. The molecule has 0 amide bonds. The topological polar surface area (TPSA) is 217 Å². The van der Waals surface area contributed by atoms with E-state index in [0.29, 0.717) is 36.9 Å². The molecule has 0 aliphatic rings. The summed E-state index contributed by atoms with van der Waals surface area (Å²) in [6.45, 7) is 0.449. The second-order valence-corrected chi connectivity index (χ2v) is 6.94. The quantitative estimate of drug-likeness (QED) is 0.127. The number of aromatic nitrogens is 1. The fraction of sp³-hybridized carbons (Fsp3) is 0.556. The Labute approximate surface area is 216 Å². The van der Waals surface area contributed by atoms with Gasteiger partial charge in [0, 0.05) is 23.6 Å². The van der Waals surface area contributed by atoms with Crippen LogP contribution in [-0.4, -0.2) is 51.4 Å². The Morgan fingerprint density at radius 3 is 1.88 bits per heavy atom. The van der Waals surface area contributed by atoms with Gasteiger partial charge in [0.05, 0.1) is 5.97 Å². The Bertz CT molecular complexity index is 759. The van der Waals surface area contributed by atoms with Crippen molar-refractivity contribution in [3.63, 3.8) is 0 Å². The van der Waals surface area contributed by atoms with E-state index in [9.17, 15) is 24.6 Å². The first kappa shape index (κ1) is 38.7. The number of nitrogens with two attached hydrogens (primary N) is 3. The Balaban J connectivity index is -0.00000105. The number of carboxylic acids is 3. The van der Waals surface area contributed by atoms with E-state index in [1.807, 2.05) is 0 Å². The van der Waals surface area contributed by atoms with Crippen molar-refractivity contribution >= 4 is 67.5 Å². The fourth-order valence-corrected chi connectivity index (χ4v) is 2.81. The molecule has 1 aromatic heterocycles. The highest BCUT2D eigenvalue weighted by Crippen LogP contribution is 2.22. The van der Waals surface area contributed by atoms with Gasteiger partial charge in [-0.1, -0.05) is 0 Å². The first-order valence-electron chi connectivity index (χ1n) is 9.20. The van der Waals surface area contributed by atoms with Crippen molar-refractivity contribution < 1.29 is 39.4 Å². The van der Waals surface area contributed by atoms with Crippen LogP contribution in [0.4, 0.5) is 0 Å². The number of pyridine rings is 1. The molecule has 3 atom stereocenters. The van der Waals surface area contributed by atoms with Crippen LogP contribution in [0.2, 0.25) is 0 Å². The summed E-state index contributed by atoms with van der Waals surface area (Å²) in [6, 6.07) is -3.37. The molecule has 0 aliphatic heterocycles. The number of hydrogen-bond donors (Lipinski definition) is 6. The number of nitrogens with zero attached hydrogens (tertiary/aromatic N) is 1. The van der Waals surface area contributed by atoms with Gasteiger partial charge in [-0.25, -0.2) is 4.57 Å². The highest BCUT2D eigenvalue weighted by atomic mass is 35.5. The van der Waals surface area contributed by atoms with Crippen molar-refractivity contribution in [1.29, 1.82) is 0 Å². The zero-order valence-electron chi connectivity index (χ0n) is 17.6. The fourth-order valence-electron chi connectivity index (χ4n) is 2.81. The normalized spacial score (nSPS) is 12.5. The Morgan fingerprint density at radius 2 is 1.39 bits per heavy atom. The van der Waals surface area contributed by atoms with Crippen molar-refractivity contribution in [2.24, 2.45) is 17.2 Å². The number of halogens is 4. The summed E-state index contributed by atoms with van der Waals surface area (Å²) < 4.78 is 1.66. The van der Waals surface area contributed by atoms with E-state index < -0.39 is 36.0 Å². The van der Waals surface area contributed by atoms with Crippen LogP contribution in [0.25, 0.3) is 0 Å². The van der Waals surface area contributed by atoms with Crippen LogP contribution in [0.5, 0.6) is 5.75 Å². The van der Waals surface area contributed by atoms with Crippen molar-refractivity contribution in [3.05, 3.63) is 23.5 Å². The van der Waals surface area contributed by atoms with Gasteiger partial charge in [-0.15, -0.1) is 49.6 Å². The largest absolute Gasteiger partial charge is 0.548 e. The molecule has 0 aromatic carbocycles. The molecule has 194 valence electrons. The predicted molar refractivity (Wildman–Crippen MR) is 127 cm³/mol. The van der Waals surface area contributed by atoms with Gasteiger partial charge in [-0.3, -0.25) is 9.59 Å². The molecule has 0 fully saturated rings. The van der Waals surface area contributed by atoms with Crippen LogP contribution in [0, 0.1) is 0 Å². The van der Waals surface area contributed by atoms with E-state index in [2.05, 4.69) is 0 Å². The zero-order chi connectivity index (χ0) is 22.1. The van der Waals surface area contributed by atoms with E-state index >= 15 is 0 Å². The molecule has 15 heteroatoms. The lowest BCUT2D eigenvalue weighted by atomic mass is 9.96. The number of aliphatic carboxylic acids is 3. The molecule has 0 unspecified atom stereocenters. The van der Waals surface area contributed by atoms with Gasteiger partial charge in [-0.2, -0.15) is 0 Å². The molecule has 0 radical (unpaired) electrons. The van der Waals surface area contributed by atoms with E-state index in [1.165, 1.54) is 6.20 Å². The van der Waals surface area contributed by atoms with Gasteiger partial charge in [-0.05, 0) is 32.1 Å². The first-order chi connectivity index (χ1) is 13.5. The number of unbranched alkanes of at least 4 members (excludes halogenated alkanes) is 1. The number of carbonyl (C=O) groups is 3. The highest BCUT2D eigenvalue weighted by Gasteiger charge is 2.21. The summed E-state index contributed by atoms with van der Waals surface area (Å²) in [5.74, 6) is -3.88. The minimum absolute atomic E-state index is 0. The molecule has 0 bridgehead atoms. The molecule has 1 heterocycles. The molecule has 0 aliphatic carbocycles. The average Bonchev–Trinajstić information content (AvgIpc) is 2.64. The van der Waals surface area contributed by atoms with Crippen LogP contribution in [0.3, 0.4) is 0 Å². The van der Waals surface area contributed by atoms with E-state index in [-0.39, 0.29) is 74.6 Å².